The average molecular weight is 383 g/mol. The number of ether oxygens (including phenoxy) is 1. The number of aromatic amines is 1. The smallest absolute Gasteiger partial charge is 0.355 e. The zero-order valence-electron chi connectivity index (χ0n) is 17.1. The van der Waals surface area contributed by atoms with Crippen LogP contribution in [0, 0.1) is 13.8 Å². The van der Waals surface area contributed by atoms with Crippen LogP contribution in [0.1, 0.15) is 76.7 Å². The third-order valence-corrected chi connectivity index (χ3v) is 5.70. The Morgan fingerprint density at radius 3 is 2.43 bits per heavy atom. The first-order valence-corrected chi connectivity index (χ1v) is 10.2. The minimum absolute atomic E-state index is 0.0604. The molecule has 1 heterocycles. The molecule has 5 nitrogen and oxygen atoms in total. The molecule has 1 N–H and O–H groups in total. The Morgan fingerprint density at radius 1 is 1.11 bits per heavy atom. The Kier molecular flexibility index (Phi) is 6.55. The second-order valence-electron chi connectivity index (χ2n) is 7.54. The number of nitrogens with zero attached hydrogens (tertiary/aromatic N) is 1. The van der Waals surface area contributed by atoms with Gasteiger partial charge in [0.25, 0.3) is 5.91 Å². The number of benzene rings is 1. The maximum absolute atomic E-state index is 13.3. The summed E-state index contributed by atoms with van der Waals surface area (Å²) in [5, 5.41) is 0. The van der Waals surface area contributed by atoms with Crippen LogP contribution >= 0.6 is 0 Å². The summed E-state index contributed by atoms with van der Waals surface area (Å²) < 4.78 is 5.16. The number of carbonyl (C=O) groups is 2. The molecule has 0 saturated heterocycles. The number of amides is 1. The third kappa shape index (κ3) is 4.29. The van der Waals surface area contributed by atoms with Gasteiger partial charge in [-0.3, -0.25) is 4.79 Å². The largest absolute Gasteiger partial charge is 0.461 e. The van der Waals surface area contributed by atoms with E-state index in [2.05, 4.69) is 4.98 Å². The van der Waals surface area contributed by atoms with Gasteiger partial charge in [-0.25, -0.2) is 4.79 Å². The lowest BCUT2D eigenvalue weighted by Gasteiger charge is -2.35. The van der Waals surface area contributed by atoms with Crippen LogP contribution in [0.15, 0.2) is 30.3 Å². The van der Waals surface area contributed by atoms with Crippen molar-refractivity contribution < 1.29 is 14.3 Å². The molecule has 0 aliphatic heterocycles. The number of nitrogens with one attached hydrogen (secondary N) is 1. The van der Waals surface area contributed by atoms with Crippen molar-refractivity contribution in [3.63, 3.8) is 0 Å². The van der Waals surface area contributed by atoms with Gasteiger partial charge >= 0.3 is 5.97 Å². The molecule has 3 rings (SSSR count). The third-order valence-electron chi connectivity index (χ3n) is 5.70. The highest BCUT2D eigenvalue weighted by Crippen LogP contribution is 2.28. The zero-order chi connectivity index (χ0) is 20.1. The fourth-order valence-electron chi connectivity index (χ4n) is 4.11. The Hall–Kier alpha value is -2.56. The van der Waals surface area contributed by atoms with Crippen molar-refractivity contribution in [3.8, 4) is 0 Å². The lowest BCUT2D eigenvalue weighted by molar-refractivity contribution is 0.0519. The van der Waals surface area contributed by atoms with Gasteiger partial charge in [0.1, 0.15) is 5.69 Å². The highest BCUT2D eigenvalue weighted by Gasteiger charge is 2.29. The molecule has 2 aromatic rings. The maximum atomic E-state index is 13.3. The van der Waals surface area contributed by atoms with Crippen LogP contribution in [0.3, 0.4) is 0 Å². The first-order chi connectivity index (χ1) is 13.5. The lowest BCUT2D eigenvalue weighted by atomic mass is 9.93. The van der Waals surface area contributed by atoms with Crippen LogP contribution in [-0.2, 0) is 11.3 Å². The minimum atomic E-state index is -0.340. The van der Waals surface area contributed by atoms with Crippen molar-refractivity contribution in [2.24, 2.45) is 0 Å². The van der Waals surface area contributed by atoms with Crippen molar-refractivity contribution in [1.82, 2.24) is 9.88 Å². The molecule has 1 aliphatic carbocycles. The van der Waals surface area contributed by atoms with E-state index in [9.17, 15) is 9.59 Å². The van der Waals surface area contributed by atoms with Gasteiger partial charge in [-0.05, 0) is 56.9 Å². The monoisotopic (exact) mass is 382 g/mol. The molecule has 0 bridgehead atoms. The molecule has 1 saturated carbocycles. The van der Waals surface area contributed by atoms with Crippen LogP contribution < -0.4 is 0 Å². The molecule has 1 fully saturated rings. The van der Waals surface area contributed by atoms with E-state index < -0.39 is 0 Å². The molecule has 5 heteroatoms. The molecule has 1 aliphatic rings. The van der Waals surface area contributed by atoms with Crippen molar-refractivity contribution in [3.05, 3.63) is 58.4 Å². The number of hydrogen-bond donors (Lipinski definition) is 1. The molecule has 0 radical (unpaired) electrons. The van der Waals surface area contributed by atoms with Gasteiger partial charge < -0.3 is 14.6 Å². The van der Waals surface area contributed by atoms with E-state index in [1.807, 2.05) is 49.1 Å². The van der Waals surface area contributed by atoms with Gasteiger partial charge in [-0.15, -0.1) is 0 Å². The second kappa shape index (κ2) is 9.09. The SMILES string of the molecule is CCOC(=O)c1[nH]c(C)c(CN(C(=O)c2ccccc2)C2CCCCC2)c1C. The summed E-state index contributed by atoms with van der Waals surface area (Å²) in [6.07, 6.45) is 5.61. The first-order valence-electron chi connectivity index (χ1n) is 10.2. The van der Waals surface area contributed by atoms with Crippen LogP contribution in [0.5, 0.6) is 0 Å². The molecule has 1 aromatic carbocycles. The van der Waals surface area contributed by atoms with Gasteiger partial charge in [-0.1, -0.05) is 37.5 Å². The molecule has 0 atom stereocenters. The highest BCUT2D eigenvalue weighted by atomic mass is 16.5. The molecule has 1 amide bonds. The van der Waals surface area contributed by atoms with E-state index in [0.29, 0.717) is 24.4 Å². The summed E-state index contributed by atoms with van der Waals surface area (Å²) in [7, 11) is 0. The summed E-state index contributed by atoms with van der Waals surface area (Å²) in [5.41, 5.74) is 4.01. The summed E-state index contributed by atoms with van der Waals surface area (Å²) in [4.78, 5) is 30.8. The van der Waals surface area contributed by atoms with Crippen LogP contribution in [0.4, 0.5) is 0 Å². The number of carbonyl (C=O) groups excluding carboxylic acids is 2. The predicted octanol–water partition coefficient (Wildman–Crippen LogP) is 4.78. The molecule has 0 unspecified atom stereocenters. The van der Waals surface area contributed by atoms with E-state index in [0.717, 1.165) is 42.5 Å². The van der Waals surface area contributed by atoms with Crippen LogP contribution in [0.2, 0.25) is 0 Å². The molecular formula is C23H30N2O3. The first kappa shape index (κ1) is 20.2. The number of hydrogen-bond acceptors (Lipinski definition) is 3. The van der Waals surface area contributed by atoms with Gasteiger partial charge in [0, 0.05) is 23.8 Å². The summed E-state index contributed by atoms with van der Waals surface area (Å²) >= 11 is 0. The number of aryl methyl sites for hydroxylation is 1. The Labute approximate surface area is 167 Å². The Balaban J connectivity index is 1.91. The number of esters is 1. The van der Waals surface area contributed by atoms with Gasteiger partial charge in [0.05, 0.1) is 6.61 Å². The molecule has 28 heavy (non-hydrogen) atoms. The van der Waals surface area contributed by atoms with Crippen molar-refractivity contribution >= 4 is 11.9 Å². The van der Waals surface area contributed by atoms with E-state index >= 15 is 0 Å². The Morgan fingerprint density at radius 2 is 1.79 bits per heavy atom. The van der Waals surface area contributed by atoms with Gasteiger partial charge in [0.15, 0.2) is 0 Å². The number of rotatable bonds is 6. The topological polar surface area (TPSA) is 62.4 Å². The predicted molar refractivity (Wildman–Crippen MR) is 109 cm³/mol. The molecule has 0 spiro atoms. The van der Waals surface area contributed by atoms with Crippen molar-refractivity contribution in [2.45, 2.75) is 65.5 Å². The quantitative estimate of drug-likeness (QED) is 0.731. The molecule has 1 aromatic heterocycles. The molecule has 150 valence electrons. The standard InChI is InChI=1S/C23H30N2O3/c1-4-28-23(27)21-16(2)20(17(3)24-21)15-25(19-13-9-6-10-14-19)22(26)18-11-7-5-8-12-18/h5,7-8,11-12,19,24H,4,6,9-10,13-15H2,1-3H3. The maximum Gasteiger partial charge on any atom is 0.355 e. The average Bonchev–Trinajstić information content (AvgIpc) is 3.01. The van der Waals surface area contributed by atoms with Crippen LogP contribution in [0.25, 0.3) is 0 Å². The molecular weight excluding hydrogens is 352 g/mol. The fourth-order valence-corrected chi connectivity index (χ4v) is 4.11. The minimum Gasteiger partial charge on any atom is -0.461 e. The zero-order valence-corrected chi connectivity index (χ0v) is 17.1. The van der Waals surface area contributed by atoms with E-state index in [-0.39, 0.29) is 17.9 Å². The van der Waals surface area contributed by atoms with Crippen molar-refractivity contribution in [2.75, 3.05) is 6.61 Å². The van der Waals surface area contributed by atoms with Crippen molar-refractivity contribution in [1.29, 1.82) is 0 Å². The van der Waals surface area contributed by atoms with E-state index in [4.69, 9.17) is 4.74 Å². The summed E-state index contributed by atoms with van der Waals surface area (Å²) in [6, 6.07) is 9.71. The van der Waals surface area contributed by atoms with E-state index in [1.165, 1.54) is 6.42 Å². The number of aromatic nitrogens is 1. The fraction of sp³-hybridized carbons (Fsp3) is 0.478. The van der Waals surface area contributed by atoms with Gasteiger partial charge in [0.2, 0.25) is 0 Å². The summed E-state index contributed by atoms with van der Waals surface area (Å²) in [5.74, 6) is -0.280. The van der Waals surface area contributed by atoms with E-state index in [1.54, 1.807) is 6.92 Å². The lowest BCUT2D eigenvalue weighted by Crippen LogP contribution is -2.41. The number of H-pyrrole nitrogens is 1. The second-order valence-corrected chi connectivity index (χ2v) is 7.54. The Bertz CT molecular complexity index is 820. The van der Waals surface area contributed by atoms with Gasteiger partial charge in [-0.2, -0.15) is 0 Å². The summed E-state index contributed by atoms with van der Waals surface area (Å²) in [6.45, 7) is 6.53. The normalized spacial score (nSPS) is 14.7. The highest BCUT2D eigenvalue weighted by molar-refractivity contribution is 5.94. The van der Waals surface area contributed by atoms with Crippen LogP contribution in [-0.4, -0.2) is 34.4 Å².